The van der Waals surface area contributed by atoms with E-state index in [1.165, 1.54) is 5.56 Å². The number of hydrogen-bond acceptors (Lipinski definition) is 1. The molecule has 1 atom stereocenters. The first-order valence-corrected chi connectivity index (χ1v) is 8.16. The third-order valence-corrected chi connectivity index (χ3v) is 4.34. The summed E-state index contributed by atoms with van der Waals surface area (Å²) in [6, 6.07) is 16.6. The van der Waals surface area contributed by atoms with Crippen LogP contribution in [0.1, 0.15) is 24.5 Å². The molecule has 0 heterocycles. The molecule has 0 saturated carbocycles. The van der Waals surface area contributed by atoms with Crippen LogP contribution in [-0.4, -0.2) is 12.6 Å². The Morgan fingerprint density at radius 1 is 0.952 bits per heavy atom. The summed E-state index contributed by atoms with van der Waals surface area (Å²) < 4.78 is 0. The fourth-order valence-electron chi connectivity index (χ4n) is 2.52. The van der Waals surface area contributed by atoms with Crippen LogP contribution in [0, 0.1) is 0 Å². The highest BCUT2D eigenvalue weighted by Crippen LogP contribution is 2.26. The molecule has 1 N–H and O–H groups in total. The van der Waals surface area contributed by atoms with Crippen LogP contribution in [0.3, 0.4) is 0 Å². The molecule has 2 rings (SSSR count). The summed E-state index contributed by atoms with van der Waals surface area (Å²) in [7, 11) is 0. The summed E-state index contributed by atoms with van der Waals surface area (Å²) in [5.74, 6) is 0. The van der Waals surface area contributed by atoms with Gasteiger partial charge in [-0.05, 0) is 49.1 Å². The summed E-state index contributed by atoms with van der Waals surface area (Å²) in [6.07, 6.45) is 2.99. The van der Waals surface area contributed by atoms with Crippen LogP contribution in [0.25, 0.3) is 0 Å². The fourth-order valence-corrected chi connectivity index (χ4v) is 3.08. The van der Waals surface area contributed by atoms with Gasteiger partial charge in [0.05, 0.1) is 0 Å². The number of nitrogens with one attached hydrogen (secondary N) is 1. The number of aryl methyl sites for hydroxylation is 1. The van der Waals surface area contributed by atoms with Crippen LogP contribution in [0.15, 0.2) is 48.5 Å². The standard InChI is InChI=1S/C18H21Cl2N/c1-2-21-15(12-11-14-7-4-3-5-8-14)13-16-17(19)9-6-10-18(16)20/h3-10,15,21H,2,11-13H2,1H3. The maximum Gasteiger partial charge on any atom is 0.0453 e. The van der Waals surface area contributed by atoms with Crippen molar-refractivity contribution < 1.29 is 0 Å². The minimum atomic E-state index is 0.382. The van der Waals surface area contributed by atoms with E-state index in [1.807, 2.05) is 18.2 Å². The number of halogens is 2. The number of benzene rings is 2. The fraction of sp³-hybridized carbons (Fsp3) is 0.333. The maximum atomic E-state index is 6.28. The highest BCUT2D eigenvalue weighted by atomic mass is 35.5. The Kier molecular flexibility index (Phi) is 6.56. The second-order valence-electron chi connectivity index (χ2n) is 5.18. The smallest absolute Gasteiger partial charge is 0.0453 e. The lowest BCUT2D eigenvalue weighted by molar-refractivity contribution is 0.491. The Morgan fingerprint density at radius 3 is 2.24 bits per heavy atom. The van der Waals surface area contributed by atoms with Gasteiger partial charge < -0.3 is 5.32 Å². The Balaban J connectivity index is 2.02. The third kappa shape index (κ3) is 5.03. The second-order valence-corrected chi connectivity index (χ2v) is 6.00. The lowest BCUT2D eigenvalue weighted by atomic mass is 9.99. The first-order chi connectivity index (χ1) is 10.2. The van der Waals surface area contributed by atoms with E-state index in [1.54, 1.807) is 0 Å². The second kappa shape index (κ2) is 8.43. The van der Waals surface area contributed by atoms with E-state index in [9.17, 15) is 0 Å². The van der Waals surface area contributed by atoms with Gasteiger partial charge >= 0.3 is 0 Å². The summed E-state index contributed by atoms with van der Waals surface area (Å²) in [5.41, 5.74) is 2.41. The van der Waals surface area contributed by atoms with E-state index in [0.29, 0.717) is 6.04 Å². The summed E-state index contributed by atoms with van der Waals surface area (Å²) in [6.45, 7) is 3.07. The van der Waals surface area contributed by atoms with Gasteiger partial charge in [-0.3, -0.25) is 0 Å². The molecule has 0 fully saturated rings. The SMILES string of the molecule is CCNC(CCc1ccccc1)Cc1c(Cl)cccc1Cl. The molecule has 0 radical (unpaired) electrons. The monoisotopic (exact) mass is 321 g/mol. The van der Waals surface area contributed by atoms with Gasteiger partial charge in [0.1, 0.15) is 0 Å². The summed E-state index contributed by atoms with van der Waals surface area (Å²) in [5, 5.41) is 5.05. The molecule has 0 aliphatic heterocycles. The zero-order valence-electron chi connectivity index (χ0n) is 12.3. The zero-order chi connectivity index (χ0) is 15.1. The van der Waals surface area contributed by atoms with Gasteiger partial charge in [0.15, 0.2) is 0 Å². The third-order valence-electron chi connectivity index (χ3n) is 3.63. The molecule has 0 aromatic heterocycles. The molecule has 0 amide bonds. The van der Waals surface area contributed by atoms with Crippen molar-refractivity contribution in [2.24, 2.45) is 0 Å². The van der Waals surface area contributed by atoms with Crippen LogP contribution in [0.2, 0.25) is 10.0 Å². The molecule has 3 heteroatoms. The molecule has 1 unspecified atom stereocenters. The quantitative estimate of drug-likeness (QED) is 0.743. The average Bonchev–Trinajstić information content (AvgIpc) is 2.49. The minimum absolute atomic E-state index is 0.382. The lowest BCUT2D eigenvalue weighted by Gasteiger charge is -2.19. The van der Waals surface area contributed by atoms with Gasteiger partial charge in [-0.2, -0.15) is 0 Å². The van der Waals surface area contributed by atoms with E-state index in [2.05, 4.69) is 42.6 Å². The Bertz CT molecular complexity index is 534. The van der Waals surface area contributed by atoms with Crippen LogP contribution >= 0.6 is 23.2 Å². The van der Waals surface area contributed by atoms with Crippen molar-refractivity contribution in [3.05, 3.63) is 69.7 Å². The first-order valence-electron chi connectivity index (χ1n) is 7.41. The molecule has 0 spiro atoms. The Hall–Kier alpha value is -1.02. The molecule has 0 aliphatic carbocycles. The summed E-state index contributed by atoms with van der Waals surface area (Å²) >= 11 is 12.6. The summed E-state index contributed by atoms with van der Waals surface area (Å²) in [4.78, 5) is 0. The lowest BCUT2D eigenvalue weighted by Crippen LogP contribution is -2.31. The van der Waals surface area contributed by atoms with Crippen molar-refractivity contribution in [1.82, 2.24) is 5.32 Å². The van der Waals surface area contributed by atoms with Crippen LogP contribution in [0.4, 0.5) is 0 Å². The van der Waals surface area contributed by atoms with Gasteiger partial charge in [-0.25, -0.2) is 0 Å². The highest BCUT2D eigenvalue weighted by Gasteiger charge is 2.13. The van der Waals surface area contributed by atoms with E-state index in [0.717, 1.165) is 41.4 Å². The number of rotatable bonds is 7. The first kappa shape index (κ1) is 16.4. The average molecular weight is 322 g/mol. The predicted octanol–water partition coefficient (Wildman–Crippen LogP) is 5.15. The molecule has 0 aliphatic rings. The van der Waals surface area contributed by atoms with Gasteiger partial charge in [-0.15, -0.1) is 0 Å². The van der Waals surface area contributed by atoms with E-state index < -0.39 is 0 Å². The molecule has 2 aromatic rings. The molecule has 0 bridgehead atoms. The molecule has 0 saturated heterocycles. The molecule has 112 valence electrons. The van der Waals surface area contributed by atoms with Crippen molar-refractivity contribution in [2.45, 2.75) is 32.2 Å². The largest absolute Gasteiger partial charge is 0.314 e. The topological polar surface area (TPSA) is 12.0 Å². The van der Waals surface area contributed by atoms with Crippen LogP contribution in [-0.2, 0) is 12.8 Å². The van der Waals surface area contributed by atoms with Crippen molar-refractivity contribution in [3.8, 4) is 0 Å². The molecular weight excluding hydrogens is 301 g/mol. The minimum Gasteiger partial charge on any atom is -0.314 e. The normalized spacial score (nSPS) is 12.3. The van der Waals surface area contributed by atoms with E-state index in [-0.39, 0.29) is 0 Å². The van der Waals surface area contributed by atoms with Gasteiger partial charge in [0, 0.05) is 16.1 Å². The van der Waals surface area contributed by atoms with E-state index >= 15 is 0 Å². The van der Waals surface area contributed by atoms with Gasteiger partial charge in [-0.1, -0.05) is 66.5 Å². The van der Waals surface area contributed by atoms with Crippen molar-refractivity contribution in [3.63, 3.8) is 0 Å². The van der Waals surface area contributed by atoms with Crippen molar-refractivity contribution >= 4 is 23.2 Å². The molecule has 1 nitrogen and oxygen atoms in total. The van der Waals surface area contributed by atoms with Gasteiger partial charge in [0.25, 0.3) is 0 Å². The number of likely N-dealkylation sites (N-methyl/N-ethyl adjacent to an activating group) is 1. The Morgan fingerprint density at radius 2 is 1.62 bits per heavy atom. The molecular formula is C18H21Cl2N. The van der Waals surface area contributed by atoms with Crippen molar-refractivity contribution in [1.29, 1.82) is 0 Å². The van der Waals surface area contributed by atoms with E-state index in [4.69, 9.17) is 23.2 Å². The number of hydrogen-bond donors (Lipinski definition) is 1. The molecule has 21 heavy (non-hydrogen) atoms. The van der Waals surface area contributed by atoms with Gasteiger partial charge in [0.2, 0.25) is 0 Å². The maximum absolute atomic E-state index is 6.28. The Labute approximate surface area is 137 Å². The highest BCUT2D eigenvalue weighted by molar-refractivity contribution is 6.36. The van der Waals surface area contributed by atoms with Crippen LogP contribution in [0.5, 0.6) is 0 Å². The predicted molar refractivity (Wildman–Crippen MR) is 92.4 cm³/mol. The van der Waals surface area contributed by atoms with Crippen LogP contribution < -0.4 is 5.32 Å². The van der Waals surface area contributed by atoms with Crippen molar-refractivity contribution in [2.75, 3.05) is 6.54 Å². The molecule has 2 aromatic carbocycles. The zero-order valence-corrected chi connectivity index (χ0v) is 13.8.